The van der Waals surface area contributed by atoms with Crippen LogP contribution in [-0.4, -0.2) is 46.3 Å². The van der Waals surface area contributed by atoms with Crippen molar-refractivity contribution < 1.29 is 14.6 Å². The minimum absolute atomic E-state index is 0.306. The van der Waals surface area contributed by atoms with E-state index in [4.69, 9.17) is 9.84 Å². The summed E-state index contributed by atoms with van der Waals surface area (Å²) in [5.74, 6) is 5.30. The van der Waals surface area contributed by atoms with Gasteiger partial charge in [-0.1, -0.05) is 6.08 Å². The summed E-state index contributed by atoms with van der Waals surface area (Å²) in [6, 6.07) is 0. The van der Waals surface area contributed by atoms with E-state index in [0.717, 1.165) is 30.3 Å². The highest BCUT2D eigenvalue weighted by Gasteiger charge is 2.47. The summed E-state index contributed by atoms with van der Waals surface area (Å²) in [5.41, 5.74) is 0. The van der Waals surface area contributed by atoms with Gasteiger partial charge in [-0.25, -0.2) is 0 Å². The molecule has 5 heteroatoms. The Labute approximate surface area is 142 Å². The van der Waals surface area contributed by atoms with Gasteiger partial charge < -0.3 is 9.84 Å². The van der Waals surface area contributed by atoms with E-state index in [1.165, 1.54) is 30.8 Å². The molecule has 4 atom stereocenters. The molecule has 4 unspecified atom stereocenters. The van der Waals surface area contributed by atoms with Gasteiger partial charge in [0.2, 0.25) is 0 Å². The van der Waals surface area contributed by atoms with Crippen molar-refractivity contribution in [2.24, 2.45) is 11.8 Å². The number of rotatable bonds is 12. The van der Waals surface area contributed by atoms with Gasteiger partial charge in [0.05, 0.1) is 12.2 Å². The number of carboxylic acids is 1. The molecule has 0 spiro atoms. The number of aliphatic carboxylic acids is 1. The standard InChI is InChI=1S/C17H28O3S2/c1-2-9-21-11-8-13-14(16-7-6-15(13)20-16)12-22-10-4-3-5-17(18)19/h2,13-16H,1,3-12H2,(H,18,19). The molecule has 0 aromatic rings. The van der Waals surface area contributed by atoms with Gasteiger partial charge in [0, 0.05) is 12.2 Å². The Morgan fingerprint density at radius 3 is 2.68 bits per heavy atom. The predicted molar refractivity (Wildman–Crippen MR) is 95.8 cm³/mol. The third-order valence-electron chi connectivity index (χ3n) is 4.66. The van der Waals surface area contributed by atoms with E-state index in [1.54, 1.807) is 0 Å². The van der Waals surface area contributed by atoms with Crippen LogP contribution in [-0.2, 0) is 9.53 Å². The second-order valence-electron chi connectivity index (χ2n) is 6.20. The summed E-state index contributed by atoms with van der Waals surface area (Å²) in [5, 5.41) is 8.64. The van der Waals surface area contributed by atoms with Gasteiger partial charge in [-0.2, -0.15) is 23.5 Å². The van der Waals surface area contributed by atoms with E-state index in [0.29, 0.717) is 24.5 Å². The molecule has 2 saturated heterocycles. The van der Waals surface area contributed by atoms with Crippen LogP contribution in [0.15, 0.2) is 12.7 Å². The Kier molecular flexibility index (Phi) is 8.18. The minimum atomic E-state index is -0.677. The fourth-order valence-electron chi connectivity index (χ4n) is 3.59. The summed E-state index contributed by atoms with van der Waals surface area (Å²) in [6.07, 6.45) is 8.86. The van der Waals surface area contributed by atoms with Gasteiger partial charge in [0.15, 0.2) is 0 Å². The van der Waals surface area contributed by atoms with Crippen LogP contribution in [0, 0.1) is 11.8 Å². The fourth-order valence-corrected chi connectivity index (χ4v) is 5.67. The molecular weight excluding hydrogens is 316 g/mol. The Morgan fingerprint density at radius 1 is 1.18 bits per heavy atom. The Bertz CT molecular complexity index is 362. The molecule has 1 N–H and O–H groups in total. The molecule has 0 aromatic heterocycles. The van der Waals surface area contributed by atoms with Crippen LogP contribution in [0.2, 0.25) is 0 Å². The molecule has 0 saturated carbocycles. The fraction of sp³-hybridized carbons (Fsp3) is 0.824. The predicted octanol–water partition coefficient (Wildman–Crippen LogP) is 4.08. The molecule has 2 heterocycles. The number of ether oxygens (including phenoxy) is 1. The highest BCUT2D eigenvalue weighted by Crippen LogP contribution is 2.46. The molecule has 0 radical (unpaired) electrons. The number of carbonyl (C=O) groups is 1. The van der Waals surface area contributed by atoms with Crippen LogP contribution >= 0.6 is 23.5 Å². The molecule has 3 nitrogen and oxygen atoms in total. The molecule has 0 aliphatic carbocycles. The van der Waals surface area contributed by atoms with Gasteiger partial charge in [-0.05, 0) is 61.2 Å². The van der Waals surface area contributed by atoms with Crippen LogP contribution in [0.5, 0.6) is 0 Å². The van der Waals surface area contributed by atoms with Crippen molar-refractivity contribution in [1.29, 1.82) is 0 Å². The number of fused-ring (bicyclic) bond motifs is 2. The molecule has 0 aromatic carbocycles. The topological polar surface area (TPSA) is 46.5 Å². The van der Waals surface area contributed by atoms with E-state index in [-0.39, 0.29) is 0 Å². The molecule has 2 fully saturated rings. The maximum Gasteiger partial charge on any atom is 0.303 e. The maximum atomic E-state index is 10.5. The zero-order valence-electron chi connectivity index (χ0n) is 13.2. The lowest BCUT2D eigenvalue weighted by molar-refractivity contribution is -0.137. The number of unbranched alkanes of at least 4 members (excludes halogenated alkanes) is 1. The van der Waals surface area contributed by atoms with Crippen LogP contribution < -0.4 is 0 Å². The van der Waals surface area contributed by atoms with E-state index < -0.39 is 5.97 Å². The quantitative estimate of drug-likeness (QED) is 0.427. The molecule has 2 rings (SSSR count). The van der Waals surface area contributed by atoms with Gasteiger partial charge >= 0.3 is 5.97 Å². The summed E-state index contributed by atoms with van der Waals surface area (Å²) >= 11 is 3.96. The van der Waals surface area contributed by atoms with Crippen molar-refractivity contribution in [1.82, 2.24) is 0 Å². The van der Waals surface area contributed by atoms with Crippen molar-refractivity contribution in [2.75, 3.05) is 23.0 Å². The van der Waals surface area contributed by atoms with E-state index in [1.807, 2.05) is 29.6 Å². The highest BCUT2D eigenvalue weighted by molar-refractivity contribution is 7.99. The first-order valence-electron chi connectivity index (χ1n) is 8.36. The van der Waals surface area contributed by atoms with Gasteiger partial charge in [0.1, 0.15) is 0 Å². The van der Waals surface area contributed by atoms with Gasteiger partial charge in [-0.3, -0.25) is 4.79 Å². The van der Waals surface area contributed by atoms with Crippen LogP contribution in [0.1, 0.15) is 38.5 Å². The van der Waals surface area contributed by atoms with Crippen molar-refractivity contribution >= 4 is 29.5 Å². The SMILES string of the molecule is C=CCSCCC1C2CCC(O2)C1CSCCCCC(=O)O. The summed E-state index contributed by atoms with van der Waals surface area (Å²) in [6.45, 7) is 3.77. The first kappa shape index (κ1) is 18.2. The molecular formula is C17H28O3S2. The third kappa shape index (κ3) is 5.50. The van der Waals surface area contributed by atoms with Crippen LogP contribution in [0.3, 0.4) is 0 Å². The van der Waals surface area contributed by atoms with E-state index in [9.17, 15) is 4.79 Å². The first-order chi connectivity index (χ1) is 10.7. The molecule has 2 aliphatic rings. The lowest BCUT2D eigenvalue weighted by Crippen LogP contribution is -2.29. The molecule has 0 amide bonds. The average molecular weight is 345 g/mol. The average Bonchev–Trinajstić information content (AvgIpc) is 3.08. The number of thioether (sulfide) groups is 2. The summed E-state index contributed by atoms with van der Waals surface area (Å²) in [7, 11) is 0. The van der Waals surface area contributed by atoms with E-state index in [2.05, 4.69) is 6.58 Å². The summed E-state index contributed by atoms with van der Waals surface area (Å²) in [4.78, 5) is 10.5. The van der Waals surface area contributed by atoms with Crippen LogP contribution in [0.4, 0.5) is 0 Å². The largest absolute Gasteiger partial charge is 0.481 e. The maximum absolute atomic E-state index is 10.5. The molecule has 2 bridgehead atoms. The van der Waals surface area contributed by atoms with Gasteiger partial charge in [0.25, 0.3) is 0 Å². The van der Waals surface area contributed by atoms with E-state index >= 15 is 0 Å². The normalized spacial score (nSPS) is 29.8. The van der Waals surface area contributed by atoms with Crippen molar-refractivity contribution in [3.05, 3.63) is 12.7 Å². The molecule has 126 valence electrons. The lowest BCUT2D eigenvalue weighted by atomic mass is 9.79. The zero-order chi connectivity index (χ0) is 15.8. The molecule has 2 aliphatic heterocycles. The monoisotopic (exact) mass is 344 g/mol. The van der Waals surface area contributed by atoms with Crippen molar-refractivity contribution in [3.8, 4) is 0 Å². The highest BCUT2D eigenvalue weighted by atomic mass is 32.2. The Balaban J connectivity index is 1.64. The first-order valence-corrected chi connectivity index (χ1v) is 10.7. The zero-order valence-corrected chi connectivity index (χ0v) is 14.9. The third-order valence-corrected chi connectivity index (χ3v) is 6.85. The number of hydrogen-bond acceptors (Lipinski definition) is 4. The second-order valence-corrected chi connectivity index (χ2v) is 8.50. The number of hydrogen-bond donors (Lipinski definition) is 1. The lowest BCUT2D eigenvalue weighted by Gasteiger charge is -2.27. The minimum Gasteiger partial charge on any atom is -0.481 e. The van der Waals surface area contributed by atoms with Crippen molar-refractivity contribution in [3.63, 3.8) is 0 Å². The molecule has 22 heavy (non-hydrogen) atoms. The van der Waals surface area contributed by atoms with Gasteiger partial charge in [-0.15, -0.1) is 6.58 Å². The van der Waals surface area contributed by atoms with Crippen LogP contribution in [0.25, 0.3) is 0 Å². The Morgan fingerprint density at radius 2 is 1.95 bits per heavy atom. The second kappa shape index (κ2) is 9.89. The van der Waals surface area contributed by atoms with Crippen molar-refractivity contribution in [2.45, 2.75) is 50.7 Å². The smallest absolute Gasteiger partial charge is 0.303 e. The Hall–Kier alpha value is -0.130. The summed E-state index contributed by atoms with van der Waals surface area (Å²) < 4.78 is 6.14. The number of carboxylic acid groups (broad SMARTS) is 1.